The molecule has 2 nitrogen and oxygen atoms in total. The molecule has 0 aliphatic rings. The molecule has 0 amide bonds. The number of hydrogen-bond donors (Lipinski definition) is 1. The minimum Gasteiger partial charge on any atom is -0.384 e. The normalized spacial score (nSPS) is 12.1. The van der Waals surface area contributed by atoms with E-state index in [9.17, 15) is 13.2 Å². The van der Waals surface area contributed by atoms with E-state index in [1.54, 1.807) is 13.8 Å². The zero-order valence-electron chi connectivity index (χ0n) is 10.6. The van der Waals surface area contributed by atoms with Crippen LogP contribution < -0.4 is 5.32 Å². The highest BCUT2D eigenvalue weighted by Gasteiger charge is 2.30. The molecule has 0 saturated heterocycles. The molecule has 0 aliphatic heterocycles. The van der Waals surface area contributed by atoms with Crippen molar-refractivity contribution >= 4 is 21.6 Å². The van der Waals surface area contributed by atoms with Crippen molar-refractivity contribution in [3.8, 4) is 6.07 Å². The van der Waals surface area contributed by atoms with Crippen molar-refractivity contribution in [3.63, 3.8) is 0 Å². The third-order valence-corrected chi connectivity index (χ3v) is 3.35. The van der Waals surface area contributed by atoms with E-state index in [1.807, 2.05) is 0 Å². The molecule has 1 aromatic rings. The monoisotopic (exact) mass is 334 g/mol. The van der Waals surface area contributed by atoms with Crippen LogP contribution in [-0.2, 0) is 6.18 Å². The maximum Gasteiger partial charge on any atom is 0.416 e. The predicted octanol–water partition coefficient (Wildman–Crippen LogP) is 4.82. The number of nitrogens with one attached hydrogen (secondary N) is 1. The van der Waals surface area contributed by atoms with Crippen molar-refractivity contribution in [3.05, 3.63) is 28.2 Å². The summed E-state index contributed by atoms with van der Waals surface area (Å²) >= 11 is 3.20. The van der Waals surface area contributed by atoms with Crippen LogP contribution >= 0.6 is 15.9 Å². The largest absolute Gasteiger partial charge is 0.416 e. The number of halogens is 4. The molecule has 0 heterocycles. The molecular formula is C13H14BrF3N2. The minimum absolute atomic E-state index is 0.378. The Hall–Kier alpha value is -1.22. The van der Waals surface area contributed by atoms with Gasteiger partial charge in [-0.3, -0.25) is 0 Å². The van der Waals surface area contributed by atoms with Gasteiger partial charge in [0.05, 0.1) is 17.0 Å². The van der Waals surface area contributed by atoms with Gasteiger partial charge >= 0.3 is 6.18 Å². The van der Waals surface area contributed by atoms with Gasteiger partial charge in [0.2, 0.25) is 0 Å². The van der Waals surface area contributed by atoms with Crippen molar-refractivity contribution < 1.29 is 13.2 Å². The zero-order chi connectivity index (χ0) is 14.7. The molecule has 0 fully saturated rings. The van der Waals surface area contributed by atoms with E-state index in [-0.39, 0.29) is 0 Å². The van der Waals surface area contributed by atoms with E-state index in [4.69, 9.17) is 5.26 Å². The van der Waals surface area contributed by atoms with Gasteiger partial charge in [0.25, 0.3) is 0 Å². The highest BCUT2D eigenvalue weighted by atomic mass is 79.9. The number of anilines is 1. The summed E-state index contributed by atoms with van der Waals surface area (Å²) in [6.45, 7) is 4.01. The fraction of sp³-hybridized carbons (Fsp3) is 0.462. The maximum atomic E-state index is 12.6. The van der Waals surface area contributed by atoms with E-state index in [0.717, 1.165) is 12.1 Å². The molecule has 0 aromatic heterocycles. The maximum absolute atomic E-state index is 12.6. The Bertz CT molecular complexity index is 490. The van der Waals surface area contributed by atoms with Crippen molar-refractivity contribution in [2.45, 2.75) is 26.4 Å². The zero-order valence-corrected chi connectivity index (χ0v) is 12.2. The topological polar surface area (TPSA) is 35.8 Å². The van der Waals surface area contributed by atoms with Gasteiger partial charge < -0.3 is 5.32 Å². The van der Waals surface area contributed by atoms with Crippen LogP contribution in [0.1, 0.15) is 25.8 Å². The summed E-state index contributed by atoms with van der Waals surface area (Å²) in [5.74, 6) is 0. The summed E-state index contributed by atoms with van der Waals surface area (Å²) in [6, 6.07) is 5.59. The van der Waals surface area contributed by atoms with Gasteiger partial charge in [0.1, 0.15) is 0 Å². The van der Waals surface area contributed by atoms with Gasteiger partial charge in [-0.25, -0.2) is 0 Å². The third-order valence-electron chi connectivity index (χ3n) is 2.66. The molecular weight excluding hydrogens is 321 g/mol. The van der Waals surface area contributed by atoms with Crippen LogP contribution in [0.15, 0.2) is 22.7 Å². The molecule has 0 radical (unpaired) electrons. The highest BCUT2D eigenvalue weighted by molar-refractivity contribution is 9.10. The molecule has 104 valence electrons. The summed E-state index contributed by atoms with van der Waals surface area (Å²) in [5, 5.41) is 11.8. The van der Waals surface area contributed by atoms with Gasteiger partial charge in [-0.2, -0.15) is 18.4 Å². The Balaban J connectivity index is 2.77. The molecule has 0 spiro atoms. The SMILES string of the molecule is CC(C)(C#N)CCNc1cc(C(F)(F)F)ccc1Br. The first kappa shape index (κ1) is 15.8. The Kier molecular flexibility index (Phi) is 4.86. The predicted molar refractivity (Wildman–Crippen MR) is 71.6 cm³/mol. The Labute approximate surface area is 118 Å². The van der Waals surface area contributed by atoms with Crippen LogP contribution in [0.4, 0.5) is 18.9 Å². The second-order valence-corrected chi connectivity index (χ2v) is 5.72. The number of nitriles is 1. The van der Waals surface area contributed by atoms with Gasteiger partial charge in [-0.15, -0.1) is 0 Å². The summed E-state index contributed by atoms with van der Waals surface area (Å²) in [5.41, 5.74) is -0.817. The van der Waals surface area contributed by atoms with E-state index in [2.05, 4.69) is 27.3 Å². The van der Waals surface area contributed by atoms with Crippen molar-refractivity contribution in [2.24, 2.45) is 5.41 Å². The average Bonchev–Trinajstić information content (AvgIpc) is 2.30. The molecule has 1 rings (SSSR count). The lowest BCUT2D eigenvalue weighted by molar-refractivity contribution is -0.137. The van der Waals surface area contributed by atoms with Crippen LogP contribution in [0.5, 0.6) is 0 Å². The second kappa shape index (κ2) is 5.83. The van der Waals surface area contributed by atoms with E-state index >= 15 is 0 Å². The number of benzene rings is 1. The molecule has 19 heavy (non-hydrogen) atoms. The van der Waals surface area contributed by atoms with Crippen LogP contribution in [0.3, 0.4) is 0 Å². The lowest BCUT2D eigenvalue weighted by Crippen LogP contribution is -2.15. The fourth-order valence-electron chi connectivity index (χ4n) is 1.40. The van der Waals surface area contributed by atoms with Crippen molar-refractivity contribution in [1.82, 2.24) is 0 Å². The standard InChI is InChI=1S/C13H14BrF3N2/c1-12(2,8-18)5-6-19-11-7-9(13(15,16)17)3-4-10(11)14/h3-4,7,19H,5-6H2,1-2H3. The molecule has 0 saturated carbocycles. The molecule has 0 atom stereocenters. The number of alkyl halides is 3. The van der Waals surface area contributed by atoms with Crippen LogP contribution in [0.2, 0.25) is 0 Å². The second-order valence-electron chi connectivity index (χ2n) is 4.86. The minimum atomic E-state index is -4.36. The molecule has 0 unspecified atom stereocenters. The summed E-state index contributed by atoms with van der Waals surface area (Å²) < 4.78 is 38.3. The van der Waals surface area contributed by atoms with Crippen LogP contribution in [-0.4, -0.2) is 6.54 Å². The van der Waals surface area contributed by atoms with Crippen molar-refractivity contribution in [2.75, 3.05) is 11.9 Å². The molecule has 0 bridgehead atoms. The first-order valence-electron chi connectivity index (χ1n) is 5.67. The molecule has 1 aromatic carbocycles. The molecule has 0 aliphatic carbocycles. The van der Waals surface area contributed by atoms with Crippen LogP contribution in [0, 0.1) is 16.7 Å². The quantitative estimate of drug-likeness (QED) is 0.856. The average molecular weight is 335 g/mol. The lowest BCUT2D eigenvalue weighted by atomic mass is 9.91. The van der Waals surface area contributed by atoms with Gasteiger partial charge in [-0.05, 0) is 54.4 Å². The fourth-order valence-corrected chi connectivity index (χ4v) is 1.79. The van der Waals surface area contributed by atoms with Gasteiger partial charge in [0, 0.05) is 16.7 Å². The van der Waals surface area contributed by atoms with E-state index < -0.39 is 17.2 Å². The summed E-state index contributed by atoms with van der Waals surface area (Å²) in [7, 11) is 0. The Morgan fingerprint density at radius 3 is 2.47 bits per heavy atom. The van der Waals surface area contributed by atoms with Gasteiger partial charge in [-0.1, -0.05) is 0 Å². The Morgan fingerprint density at radius 1 is 1.32 bits per heavy atom. The Morgan fingerprint density at radius 2 is 1.95 bits per heavy atom. The smallest absolute Gasteiger partial charge is 0.384 e. The number of rotatable bonds is 4. The van der Waals surface area contributed by atoms with E-state index in [1.165, 1.54) is 6.07 Å². The van der Waals surface area contributed by atoms with E-state index in [0.29, 0.717) is 23.1 Å². The number of nitrogens with zero attached hydrogens (tertiary/aromatic N) is 1. The lowest BCUT2D eigenvalue weighted by Gasteiger charge is -2.17. The third kappa shape index (κ3) is 4.75. The summed E-state index contributed by atoms with van der Waals surface area (Å²) in [6.07, 6.45) is -3.81. The molecule has 1 N–H and O–H groups in total. The summed E-state index contributed by atoms with van der Waals surface area (Å²) in [4.78, 5) is 0. The highest BCUT2D eigenvalue weighted by Crippen LogP contribution is 2.34. The van der Waals surface area contributed by atoms with Gasteiger partial charge in [0.15, 0.2) is 0 Å². The number of hydrogen-bond acceptors (Lipinski definition) is 2. The van der Waals surface area contributed by atoms with Crippen LogP contribution in [0.25, 0.3) is 0 Å². The molecule has 6 heteroatoms. The first-order chi connectivity index (χ1) is 8.65. The van der Waals surface area contributed by atoms with Crippen molar-refractivity contribution in [1.29, 1.82) is 5.26 Å². The first-order valence-corrected chi connectivity index (χ1v) is 6.47.